The lowest BCUT2D eigenvalue weighted by molar-refractivity contribution is 0.0942. The highest BCUT2D eigenvalue weighted by Crippen LogP contribution is 2.32. The molecule has 2 fully saturated rings. The summed E-state index contributed by atoms with van der Waals surface area (Å²) in [6.07, 6.45) is 2.53. The Morgan fingerprint density at radius 2 is 1.61 bits per heavy atom. The maximum absolute atomic E-state index is 14.3. The number of piperazine rings is 1. The number of fused-ring (bicyclic) bond motifs is 1. The Morgan fingerprint density at radius 3 is 2.37 bits per heavy atom. The zero-order valence-corrected chi connectivity index (χ0v) is 26.1. The third kappa shape index (κ3) is 6.36. The van der Waals surface area contributed by atoms with Crippen LogP contribution >= 0.6 is 0 Å². The Bertz CT molecular complexity index is 1790. The highest BCUT2D eigenvalue weighted by molar-refractivity contribution is 5.96. The fraction of sp³-hybridized carbons (Fsp3) is 0.289. The van der Waals surface area contributed by atoms with Crippen molar-refractivity contribution in [3.63, 3.8) is 0 Å². The minimum atomic E-state index is -0.793. The van der Waals surface area contributed by atoms with Gasteiger partial charge in [-0.1, -0.05) is 42.5 Å². The fourth-order valence-electron chi connectivity index (χ4n) is 6.96. The second-order valence-electron chi connectivity index (χ2n) is 12.6. The molecule has 7 nitrogen and oxygen atoms in total. The van der Waals surface area contributed by atoms with Gasteiger partial charge in [-0.25, -0.2) is 4.39 Å². The standard InChI is InChI=1S/C38H40FN5O2/c1-42-17-15-32(16-18-42)44-21-19-43(20-22-44)31-12-9-26(10-13-31)27-6-4-7-29(23-27)38(46)41-37(33-25-30(39)11-14-36(33)45)35-24-28-5-2-3-8-34(28)40-35/h2-14,23-25,32,37,40,45H,15-22H2,1H3,(H,41,46)/t37-/m1/s1. The van der Waals surface area contributed by atoms with E-state index in [-0.39, 0.29) is 17.2 Å². The van der Waals surface area contributed by atoms with E-state index in [9.17, 15) is 14.3 Å². The minimum absolute atomic E-state index is 0.0950. The predicted molar refractivity (Wildman–Crippen MR) is 182 cm³/mol. The van der Waals surface area contributed by atoms with Gasteiger partial charge in [-0.15, -0.1) is 0 Å². The van der Waals surface area contributed by atoms with Gasteiger partial charge in [0.1, 0.15) is 11.6 Å². The van der Waals surface area contributed by atoms with Gasteiger partial charge in [-0.2, -0.15) is 0 Å². The van der Waals surface area contributed by atoms with Crippen LogP contribution in [0.3, 0.4) is 0 Å². The number of aromatic hydroxyl groups is 1. The number of carbonyl (C=O) groups excluding carboxylic acids is 1. The molecule has 2 saturated heterocycles. The Kier molecular flexibility index (Phi) is 8.47. The van der Waals surface area contributed by atoms with Crippen LogP contribution < -0.4 is 10.2 Å². The summed E-state index contributed by atoms with van der Waals surface area (Å²) in [5, 5.41) is 14.7. The van der Waals surface area contributed by atoms with Crippen LogP contribution in [0.25, 0.3) is 22.0 Å². The van der Waals surface area contributed by atoms with Crippen molar-refractivity contribution in [3.05, 3.63) is 120 Å². The monoisotopic (exact) mass is 617 g/mol. The van der Waals surface area contributed by atoms with Crippen LogP contribution in [0.1, 0.15) is 40.5 Å². The van der Waals surface area contributed by atoms with Gasteiger partial charge >= 0.3 is 0 Å². The Morgan fingerprint density at radius 1 is 0.848 bits per heavy atom. The molecule has 2 aliphatic rings. The fourth-order valence-corrected chi connectivity index (χ4v) is 6.96. The number of para-hydroxylation sites is 1. The zero-order chi connectivity index (χ0) is 31.6. The summed E-state index contributed by atoms with van der Waals surface area (Å²) in [5.74, 6) is -0.913. The number of rotatable bonds is 7. The zero-order valence-electron chi connectivity index (χ0n) is 26.1. The number of aromatic nitrogens is 1. The summed E-state index contributed by atoms with van der Waals surface area (Å²) in [7, 11) is 2.21. The average molecular weight is 618 g/mol. The van der Waals surface area contributed by atoms with Gasteiger partial charge < -0.3 is 25.2 Å². The molecule has 5 aromatic rings. The predicted octanol–water partition coefficient (Wildman–Crippen LogP) is 6.42. The molecule has 4 aromatic carbocycles. The van der Waals surface area contributed by atoms with Crippen molar-refractivity contribution >= 4 is 22.5 Å². The van der Waals surface area contributed by atoms with Crippen molar-refractivity contribution in [3.8, 4) is 16.9 Å². The van der Waals surface area contributed by atoms with E-state index in [1.54, 1.807) is 6.07 Å². The summed E-state index contributed by atoms with van der Waals surface area (Å²) in [6.45, 7) is 6.63. The second-order valence-corrected chi connectivity index (χ2v) is 12.6. The van der Waals surface area contributed by atoms with E-state index in [4.69, 9.17) is 0 Å². The van der Waals surface area contributed by atoms with E-state index >= 15 is 0 Å². The first-order valence-corrected chi connectivity index (χ1v) is 16.2. The maximum atomic E-state index is 14.3. The van der Waals surface area contributed by atoms with Gasteiger partial charge in [0, 0.05) is 60.2 Å². The number of anilines is 1. The number of aromatic amines is 1. The number of nitrogens with zero attached hydrogens (tertiary/aromatic N) is 3. The van der Waals surface area contributed by atoms with Crippen molar-refractivity contribution in [1.82, 2.24) is 20.1 Å². The molecule has 1 aromatic heterocycles. The molecule has 1 atom stereocenters. The molecule has 46 heavy (non-hydrogen) atoms. The molecule has 0 aliphatic carbocycles. The first-order valence-electron chi connectivity index (χ1n) is 16.2. The lowest BCUT2D eigenvalue weighted by Crippen LogP contribution is -2.52. The Balaban J connectivity index is 1.06. The molecule has 0 bridgehead atoms. The van der Waals surface area contributed by atoms with Gasteiger partial charge in [0.25, 0.3) is 5.91 Å². The number of amides is 1. The highest BCUT2D eigenvalue weighted by atomic mass is 19.1. The maximum Gasteiger partial charge on any atom is 0.252 e. The van der Waals surface area contributed by atoms with E-state index in [1.165, 1.54) is 49.8 Å². The molecule has 0 unspecified atom stereocenters. The number of H-pyrrole nitrogens is 1. The lowest BCUT2D eigenvalue weighted by atomic mass is 10.00. The van der Waals surface area contributed by atoms with Crippen molar-refractivity contribution in [2.24, 2.45) is 0 Å². The van der Waals surface area contributed by atoms with Crippen LogP contribution in [0.2, 0.25) is 0 Å². The molecule has 1 amide bonds. The first kappa shape index (κ1) is 30.0. The number of benzene rings is 4. The van der Waals surface area contributed by atoms with Gasteiger partial charge in [0.05, 0.1) is 6.04 Å². The molecule has 0 saturated carbocycles. The lowest BCUT2D eigenvalue weighted by Gasteiger charge is -2.42. The van der Waals surface area contributed by atoms with Gasteiger partial charge in [0.2, 0.25) is 0 Å². The third-order valence-electron chi connectivity index (χ3n) is 9.65. The highest BCUT2D eigenvalue weighted by Gasteiger charge is 2.27. The van der Waals surface area contributed by atoms with Crippen molar-refractivity contribution in [2.45, 2.75) is 24.9 Å². The topological polar surface area (TPSA) is 74.8 Å². The van der Waals surface area contributed by atoms with Crippen LogP contribution in [0.5, 0.6) is 5.75 Å². The van der Waals surface area contributed by atoms with Crippen LogP contribution in [-0.4, -0.2) is 78.2 Å². The Hall–Kier alpha value is -4.66. The molecule has 3 N–H and O–H groups in total. The van der Waals surface area contributed by atoms with E-state index in [0.29, 0.717) is 17.3 Å². The summed E-state index contributed by atoms with van der Waals surface area (Å²) < 4.78 is 14.3. The number of nitrogens with one attached hydrogen (secondary N) is 2. The summed E-state index contributed by atoms with van der Waals surface area (Å²) in [5.41, 5.74) is 5.46. The smallest absolute Gasteiger partial charge is 0.252 e. The van der Waals surface area contributed by atoms with Crippen molar-refractivity contribution < 1.29 is 14.3 Å². The van der Waals surface area contributed by atoms with Gasteiger partial charge in [0.15, 0.2) is 0 Å². The second kappa shape index (κ2) is 13.0. The summed E-state index contributed by atoms with van der Waals surface area (Å²) >= 11 is 0. The number of carbonyl (C=O) groups is 1. The number of piperidine rings is 1. The largest absolute Gasteiger partial charge is 0.508 e. The molecule has 0 spiro atoms. The normalized spacial score (nSPS) is 17.3. The van der Waals surface area contributed by atoms with Crippen LogP contribution in [0.15, 0.2) is 97.1 Å². The number of hydrogen-bond donors (Lipinski definition) is 3. The summed E-state index contributed by atoms with van der Waals surface area (Å²) in [6, 6.07) is 29.5. The summed E-state index contributed by atoms with van der Waals surface area (Å²) in [4.78, 5) is 24.6. The van der Waals surface area contributed by atoms with Crippen LogP contribution in [0, 0.1) is 5.82 Å². The van der Waals surface area contributed by atoms with Crippen LogP contribution in [0.4, 0.5) is 10.1 Å². The number of halogens is 1. The van der Waals surface area contributed by atoms with E-state index in [2.05, 4.69) is 56.3 Å². The molecule has 236 valence electrons. The number of likely N-dealkylation sites (tertiary alicyclic amines) is 1. The third-order valence-corrected chi connectivity index (χ3v) is 9.65. The SMILES string of the molecule is CN1CCC(N2CCN(c3ccc(-c4cccc(C(=O)N[C@@H](c5cc6ccccc6[nH]5)c5cc(F)ccc5O)c4)cc3)CC2)CC1. The Labute approximate surface area is 269 Å². The van der Waals surface area contributed by atoms with Crippen molar-refractivity contribution in [2.75, 3.05) is 51.2 Å². The minimum Gasteiger partial charge on any atom is -0.508 e. The quantitative estimate of drug-likeness (QED) is 0.197. The van der Waals surface area contributed by atoms with E-state index in [1.807, 2.05) is 48.5 Å². The number of phenolic OH excluding ortho intramolecular Hbond substituents is 1. The molecule has 7 rings (SSSR count). The van der Waals surface area contributed by atoms with Crippen LogP contribution in [-0.2, 0) is 0 Å². The molecule has 3 heterocycles. The molecular formula is C38H40FN5O2. The molecule has 8 heteroatoms. The number of phenols is 1. The molecular weight excluding hydrogens is 577 g/mol. The first-order chi connectivity index (χ1) is 22.4. The average Bonchev–Trinajstić information content (AvgIpc) is 3.53. The molecule has 0 radical (unpaired) electrons. The van der Waals surface area contributed by atoms with Gasteiger partial charge in [-0.3, -0.25) is 9.69 Å². The number of hydrogen-bond acceptors (Lipinski definition) is 5. The van der Waals surface area contributed by atoms with E-state index in [0.717, 1.165) is 48.2 Å². The van der Waals surface area contributed by atoms with Gasteiger partial charge in [-0.05, 0) is 104 Å². The molecule has 2 aliphatic heterocycles. The van der Waals surface area contributed by atoms with E-state index < -0.39 is 11.9 Å². The van der Waals surface area contributed by atoms with Crippen molar-refractivity contribution in [1.29, 1.82) is 0 Å².